The number of ether oxygens (including phenoxy) is 1. The van der Waals surface area contributed by atoms with Crippen molar-refractivity contribution in [2.75, 3.05) is 20.3 Å². The highest BCUT2D eigenvalue weighted by atomic mass is 16.5. The first kappa shape index (κ1) is 16.4. The Balaban J connectivity index is 3.20. The molecule has 0 aromatic heterocycles. The average Bonchev–Trinajstić information content (AvgIpc) is 2.31. The summed E-state index contributed by atoms with van der Waals surface area (Å²) in [6.07, 6.45) is 8.27. The minimum atomic E-state index is -0.310. The largest absolute Gasteiger partial charge is 0.381 e. The maximum Gasteiger partial charge on any atom is 0.234 e. The van der Waals surface area contributed by atoms with Gasteiger partial charge in [-0.3, -0.25) is 4.79 Å². The van der Waals surface area contributed by atoms with Crippen LogP contribution in [0.25, 0.3) is 0 Å². The minimum Gasteiger partial charge on any atom is -0.381 e. The van der Waals surface area contributed by atoms with Gasteiger partial charge in [0.05, 0.1) is 6.04 Å². The van der Waals surface area contributed by atoms with Crippen LogP contribution in [-0.4, -0.2) is 32.2 Å². The molecule has 4 nitrogen and oxygen atoms in total. The molecule has 0 aromatic rings. The van der Waals surface area contributed by atoms with Crippen molar-refractivity contribution < 1.29 is 9.53 Å². The van der Waals surface area contributed by atoms with Crippen molar-refractivity contribution in [3.8, 4) is 0 Å². The predicted molar refractivity (Wildman–Crippen MR) is 70.9 cm³/mol. The highest BCUT2D eigenvalue weighted by molar-refractivity contribution is 5.79. The SMILES string of the molecule is CCCCCCCCOCCC(NC)C(N)=O. The van der Waals surface area contributed by atoms with Gasteiger partial charge in [0.2, 0.25) is 5.91 Å². The standard InChI is InChI=1S/C13H28N2O2/c1-3-4-5-6-7-8-10-17-11-9-12(15-2)13(14)16/h12,15H,3-11H2,1-2H3,(H2,14,16). The molecule has 3 N–H and O–H groups in total. The van der Waals surface area contributed by atoms with Gasteiger partial charge in [-0.1, -0.05) is 39.0 Å². The zero-order valence-electron chi connectivity index (χ0n) is 11.3. The van der Waals surface area contributed by atoms with E-state index in [0.717, 1.165) is 13.0 Å². The third-order valence-corrected chi connectivity index (χ3v) is 2.88. The van der Waals surface area contributed by atoms with E-state index >= 15 is 0 Å². The number of likely N-dealkylation sites (N-methyl/N-ethyl adjacent to an activating group) is 1. The molecule has 0 spiro atoms. The summed E-state index contributed by atoms with van der Waals surface area (Å²) in [5.41, 5.74) is 5.20. The molecule has 0 saturated carbocycles. The number of hydrogen-bond acceptors (Lipinski definition) is 3. The van der Waals surface area contributed by atoms with Gasteiger partial charge in [0.25, 0.3) is 0 Å². The Morgan fingerprint density at radius 3 is 2.41 bits per heavy atom. The molecule has 0 aliphatic rings. The second-order valence-corrected chi connectivity index (χ2v) is 4.41. The van der Waals surface area contributed by atoms with Gasteiger partial charge in [-0.05, 0) is 19.9 Å². The van der Waals surface area contributed by atoms with Crippen LogP contribution >= 0.6 is 0 Å². The van der Waals surface area contributed by atoms with E-state index in [0.29, 0.717) is 13.0 Å². The van der Waals surface area contributed by atoms with Crippen LogP contribution in [0.1, 0.15) is 51.9 Å². The van der Waals surface area contributed by atoms with Crippen molar-refractivity contribution in [2.24, 2.45) is 5.73 Å². The van der Waals surface area contributed by atoms with Crippen molar-refractivity contribution in [1.82, 2.24) is 5.32 Å². The van der Waals surface area contributed by atoms with Crippen LogP contribution in [0.4, 0.5) is 0 Å². The first-order valence-corrected chi connectivity index (χ1v) is 6.76. The number of carbonyl (C=O) groups is 1. The quantitative estimate of drug-likeness (QED) is 0.515. The van der Waals surface area contributed by atoms with Crippen molar-refractivity contribution in [2.45, 2.75) is 57.9 Å². The number of nitrogens with one attached hydrogen (secondary N) is 1. The van der Waals surface area contributed by atoms with Gasteiger partial charge in [0.15, 0.2) is 0 Å². The van der Waals surface area contributed by atoms with Crippen LogP contribution < -0.4 is 11.1 Å². The van der Waals surface area contributed by atoms with Crippen LogP contribution in [0.15, 0.2) is 0 Å². The number of hydrogen-bond donors (Lipinski definition) is 2. The Morgan fingerprint density at radius 2 is 1.82 bits per heavy atom. The molecule has 0 bridgehead atoms. The molecule has 0 heterocycles. The van der Waals surface area contributed by atoms with Crippen molar-refractivity contribution in [1.29, 1.82) is 0 Å². The topological polar surface area (TPSA) is 64.3 Å². The summed E-state index contributed by atoms with van der Waals surface area (Å²) in [6, 6.07) is -0.264. The van der Waals surface area contributed by atoms with E-state index in [1.54, 1.807) is 7.05 Å². The fourth-order valence-corrected chi connectivity index (χ4v) is 1.72. The number of rotatable bonds is 12. The lowest BCUT2D eigenvalue weighted by Gasteiger charge is -2.11. The van der Waals surface area contributed by atoms with Crippen molar-refractivity contribution in [3.63, 3.8) is 0 Å². The third-order valence-electron chi connectivity index (χ3n) is 2.88. The maximum atomic E-state index is 10.9. The summed E-state index contributed by atoms with van der Waals surface area (Å²) >= 11 is 0. The fraction of sp³-hybridized carbons (Fsp3) is 0.923. The van der Waals surface area contributed by atoms with Crippen LogP contribution in [0.5, 0.6) is 0 Å². The molecule has 0 rings (SSSR count). The van der Waals surface area contributed by atoms with Gasteiger partial charge in [-0.15, -0.1) is 0 Å². The predicted octanol–water partition coefficient (Wildman–Crippen LogP) is 1.83. The molecule has 0 aliphatic heterocycles. The Kier molecular flexibility index (Phi) is 11.4. The van der Waals surface area contributed by atoms with Crippen LogP contribution in [0, 0.1) is 0 Å². The zero-order chi connectivity index (χ0) is 12.9. The number of primary amides is 1. The maximum absolute atomic E-state index is 10.9. The van der Waals surface area contributed by atoms with Crippen LogP contribution in [-0.2, 0) is 9.53 Å². The van der Waals surface area contributed by atoms with Crippen molar-refractivity contribution >= 4 is 5.91 Å². The fourth-order valence-electron chi connectivity index (χ4n) is 1.72. The first-order valence-electron chi connectivity index (χ1n) is 6.76. The Morgan fingerprint density at radius 1 is 1.18 bits per heavy atom. The summed E-state index contributed by atoms with van der Waals surface area (Å²) < 4.78 is 5.47. The Hall–Kier alpha value is -0.610. The smallest absolute Gasteiger partial charge is 0.234 e. The number of carbonyl (C=O) groups excluding carboxylic acids is 1. The first-order chi connectivity index (χ1) is 8.22. The molecule has 1 unspecified atom stereocenters. The number of unbranched alkanes of at least 4 members (excludes halogenated alkanes) is 5. The van der Waals surface area contributed by atoms with Gasteiger partial charge in [0.1, 0.15) is 0 Å². The molecule has 102 valence electrons. The van der Waals surface area contributed by atoms with Gasteiger partial charge < -0.3 is 15.8 Å². The lowest BCUT2D eigenvalue weighted by molar-refractivity contribution is -0.120. The van der Waals surface area contributed by atoms with E-state index in [-0.39, 0.29) is 11.9 Å². The molecular formula is C13H28N2O2. The summed E-state index contributed by atoms with van der Waals surface area (Å²) in [4.78, 5) is 10.9. The average molecular weight is 244 g/mol. The van der Waals surface area contributed by atoms with Gasteiger partial charge in [-0.2, -0.15) is 0 Å². The van der Waals surface area contributed by atoms with E-state index < -0.39 is 0 Å². The molecule has 1 atom stereocenters. The van der Waals surface area contributed by atoms with Gasteiger partial charge >= 0.3 is 0 Å². The normalized spacial score (nSPS) is 12.6. The van der Waals surface area contributed by atoms with Crippen molar-refractivity contribution in [3.05, 3.63) is 0 Å². The molecule has 17 heavy (non-hydrogen) atoms. The van der Waals surface area contributed by atoms with Crippen LogP contribution in [0.2, 0.25) is 0 Å². The third kappa shape index (κ3) is 10.3. The Labute approximate surface area is 105 Å². The van der Waals surface area contributed by atoms with E-state index in [1.807, 2.05) is 0 Å². The highest BCUT2D eigenvalue weighted by Gasteiger charge is 2.11. The van der Waals surface area contributed by atoms with E-state index in [9.17, 15) is 4.79 Å². The van der Waals surface area contributed by atoms with Crippen LogP contribution in [0.3, 0.4) is 0 Å². The summed E-state index contributed by atoms with van der Waals surface area (Å²) in [7, 11) is 1.74. The molecule has 1 amide bonds. The molecule has 0 fully saturated rings. The van der Waals surface area contributed by atoms with E-state index in [2.05, 4.69) is 12.2 Å². The highest BCUT2D eigenvalue weighted by Crippen LogP contribution is 2.05. The minimum absolute atomic E-state index is 0.264. The zero-order valence-corrected chi connectivity index (χ0v) is 11.3. The molecule has 0 aliphatic carbocycles. The second-order valence-electron chi connectivity index (χ2n) is 4.41. The summed E-state index contributed by atoms with van der Waals surface area (Å²) in [5.74, 6) is -0.310. The van der Waals surface area contributed by atoms with Gasteiger partial charge in [0, 0.05) is 13.2 Å². The number of amides is 1. The lowest BCUT2D eigenvalue weighted by Crippen LogP contribution is -2.39. The van der Waals surface area contributed by atoms with E-state index in [1.165, 1.54) is 32.1 Å². The molecular weight excluding hydrogens is 216 g/mol. The molecule has 0 saturated heterocycles. The summed E-state index contributed by atoms with van der Waals surface area (Å²) in [5, 5.41) is 2.87. The molecule has 0 radical (unpaired) electrons. The molecule has 0 aromatic carbocycles. The molecule has 4 heteroatoms. The number of nitrogens with two attached hydrogens (primary N) is 1. The summed E-state index contributed by atoms with van der Waals surface area (Å²) in [6.45, 7) is 3.62. The van der Waals surface area contributed by atoms with E-state index in [4.69, 9.17) is 10.5 Å². The Bertz CT molecular complexity index is 186. The van der Waals surface area contributed by atoms with Gasteiger partial charge in [-0.25, -0.2) is 0 Å². The monoisotopic (exact) mass is 244 g/mol. The lowest BCUT2D eigenvalue weighted by atomic mass is 10.1. The second kappa shape index (κ2) is 11.9.